The first-order valence-corrected chi connectivity index (χ1v) is 7.65. The molecule has 0 aliphatic carbocycles. The molecule has 1 aromatic rings. The summed E-state index contributed by atoms with van der Waals surface area (Å²) in [4.78, 5) is 13.7. The highest BCUT2D eigenvalue weighted by molar-refractivity contribution is 6.29. The molecule has 1 unspecified atom stereocenters. The number of rotatable bonds is 4. The van der Waals surface area contributed by atoms with Crippen LogP contribution in [0.15, 0.2) is 6.07 Å². The lowest BCUT2D eigenvalue weighted by Crippen LogP contribution is -2.35. The van der Waals surface area contributed by atoms with E-state index in [1.807, 2.05) is 6.07 Å². The molecule has 5 nitrogen and oxygen atoms in total. The first-order valence-electron chi connectivity index (χ1n) is 7.27. The highest BCUT2D eigenvalue weighted by Crippen LogP contribution is 2.25. The smallest absolute Gasteiger partial charge is 0.158 e. The molecule has 0 amide bonds. The summed E-state index contributed by atoms with van der Waals surface area (Å²) in [5, 5.41) is 0.492. The second-order valence-electron chi connectivity index (χ2n) is 5.53. The van der Waals surface area contributed by atoms with Gasteiger partial charge in [-0.2, -0.15) is 0 Å². The van der Waals surface area contributed by atoms with Crippen LogP contribution in [0, 0.1) is 0 Å². The Morgan fingerprint density at radius 1 is 1.30 bits per heavy atom. The molecule has 110 valence electrons. The fourth-order valence-corrected chi connectivity index (χ4v) is 3.36. The van der Waals surface area contributed by atoms with E-state index >= 15 is 0 Å². The topological polar surface area (TPSA) is 41.5 Å². The molecule has 2 aliphatic heterocycles. The van der Waals surface area contributed by atoms with Crippen molar-refractivity contribution in [3.63, 3.8) is 0 Å². The number of likely N-dealkylation sites (tertiary alicyclic amines) is 1. The molecular weight excluding hydrogens is 276 g/mol. The quantitative estimate of drug-likeness (QED) is 0.795. The molecule has 0 aromatic carbocycles. The third-order valence-corrected chi connectivity index (χ3v) is 4.34. The van der Waals surface area contributed by atoms with Crippen LogP contribution in [0.3, 0.4) is 0 Å². The van der Waals surface area contributed by atoms with Crippen LogP contribution < -0.4 is 4.90 Å². The van der Waals surface area contributed by atoms with E-state index in [2.05, 4.69) is 19.8 Å². The number of hydrogen-bond donors (Lipinski definition) is 0. The van der Waals surface area contributed by atoms with Gasteiger partial charge in [0, 0.05) is 32.3 Å². The number of halogens is 1. The van der Waals surface area contributed by atoms with Crippen LogP contribution in [-0.2, 0) is 11.3 Å². The first kappa shape index (κ1) is 14.0. The molecule has 1 atom stereocenters. The maximum Gasteiger partial charge on any atom is 0.158 e. The van der Waals surface area contributed by atoms with E-state index in [1.54, 1.807) is 7.11 Å². The van der Waals surface area contributed by atoms with E-state index in [1.165, 1.54) is 32.4 Å². The second-order valence-corrected chi connectivity index (χ2v) is 5.92. The van der Waals surface area contributed by atoms with Crippen molar-refractivity contribution in [3.8, 4) is 0 Å². The van der Waals surface area contributed by atoms with Crippen molar-refractivity contribution in [2.24, 2.45) is 0 Å². The Morgan fingerprint density at radius 3 is 2.85 bits per heavy atom. The van der Waals surface area contributed by atoms with E-state index in [0.717, 1.165) is 18.9 Å². The predicted octanol–water partition coefficient (Wildman–Crippen LogP) is 1.95. The lowest BCUT2D eigenvalue weighted by Gasteiger charge is -2.24. The van der Waals surface area contributed by atoms with Crippen molar-refractivity contribution in [3.05, 3.63) is 17.0 Å². The predicted molar refractivity (Wildman–Crippen MR) is 79.2 cm³/mol. The summed E-state index contributed by atoms with van der Waals surface area (Å²) in [5.41, 5.74) is 0. The lowest BCUT2D eigenvalue weighted by atomic mass is 10.2. The average Bonchev–Trinajstić information content (AvgIpc) is 3.10. The number of anilines is 1. The van der Waals surface area contributed by atoms with Crippen molar-refractivity contribution < 1.29 is 4.74 Å². The van der Waals surface area contributed by atoms with Crippen molar-refractivity contribution in [2.45, 2.75) is 31.9 Å². The molecule has 20 heavy (non-hydrogen) atoms. The van der Waals surface area contributed by atoms with Gasteiger partial charge in [0.25, 0.3) is 0 Å². The van der Waals surface area contributed by atoms with E-state index in [9.17, 15) is 0 Å². The van der Waals surface area contributed by atoms with Gasteiger partial charge >= 0.3 is 0 Å². The Kier molecular flexibility index (Phi) is 4.38. The minimum Gasteiger partial charge on any atom is -0.377 e. The molecule has 0 saturated carbocycles. The Bertz CT molecular complexity index is 464. The maximum absolute atomic E-state index is 6.08. The number of methoxy groups -OCH3 is 1. The molecule has 6 heteroatoms. The summed E-state index contributed by atoms with van der Waals surface area (Å²) in [6, 6.07) is 2.52. The van der Waals surface area contributed by atoms with Crippen LogP contribution in [-0.4, -0.2) is 54.2 Å². The van der Waals surface area contributed by atoms with Crippen LogP contribution >= 0.6 is 11.6 Å². The van der Waals surface area contributed by atoms with Gasteiger partial charge < -0.3 is 9.64 Å². The molecule has 2 fully saturated rings. The minimum absolute atomic E-state index is 0.400. The van der Waals surface area contributed by atoms with Crippen molar-refractivity contribution >= 4 is 17.4 Å². The highest BCUT2D eigenvalue weighted by Gasteiger charge is 2.30. The van der Waals surface area contributed by atoms with Gasteiger partial charge in [-0.25, -0.2) is 9.97 Å². The fraction of sp³-hybridized carbons (Fsp3) is 0.714. The Balaban J connectivity index is 1.70. The third kappa shape index (κ3) is 3.05. The Labute approximate surface area is 124 Å². The summed E-state index contributed by atoms with van der Waals surface area (Å²) >= 11 is 6.08. The molecule has 2 saturated heterocycles. The first-order chi connectivity index (χ1) is 9.76. The van der Waals surface area contributed by atoms with Crippen molar-refractivity contribution in [2.75, 3.05) is 38.2 Å². The third-order valence-electron chi connectivity index (χ3n) is 4.15. The van der Waals surface area contributed by atoms with Crippen LogP contribution in [0.25, 0.3) is 0 Å². The van der Waals surface area contributed by atoms with Gasteiger partial charge in [0.1, 0.15) is 17.6 Å². The van der Waals surface area contributed by atoms with Gasteiger partial charge in [-0.3, -0.25) is 4.90 Å². The summed E-state index contributed by atoms with van der Waals surface area (Å²) in [6.07, 6.45) is 3.89. The number of nitrogens with zero attached hydrogens (tertiary/aromatic N) is 4. The molecule has 3 heterocycles. The van der Waals surface area contributed by atoms with Crippen LogP contribution in [0.1, 0.15) is 25.1 Å². The monoisotopic (exact) mass is 296 g/mol. The van der Waals surface area contributed by atoms with Gasteiger partial charge in [-0.15, -0.1) is 0 Å². The minimum atomic E-state index is 0.400. The zero-order valence-electron chi connectivity index (χ0n) is 11.9. The van der Waals surface area contributed by atoms with Crippen molar-refractivity contribution in [1.82, 2.24) is 14.9 Å². The molecule has 0 bridgehead atoms. The molecule has 3 rings (SSSR count). The van der Waals surface area contributed by atoms with E-state index < -0.39 is 0 Å². The van der Waals surface area contributed by atoms with E-state index in [0.29, 0.717) is 23.6 Å². The van der Waals surface area contributed by atoms with Crippen LogP contribution in [0.2, 0.25) is 5.15 Å². The fourth-order valence-electron chi connectivity index (χ4n) is 3.16. The average molecular weight is 297 g/mol. The summed E-state index contributed by atoms with van der Waals surface area (Å²) < 4.78 is 5.09. The molecule has 1 aromatic heterocycles. The zero-order valence-corrected chi connectivity index (χ0v) is 12.6. The summed E-state index contributed by atoms with van der Waals surface area (Å²) in [7, 11) is 1.64. The Morgan fingerprint density at radius 2 is 2.10 bits per heavy atom. The standard InChI is InChI=1S/C14H21ClN4O/c1-20-10-13-16-12(15)8-14(17-13)19-7-4-11(9-19)18-5-2-3-6-18/h8,11H,2-7,9-10H2,1H3. The summed E-state index contributed by atoms with van der Waals surface area (Å²) in [5.74, 6) is 1.58. The van der Waals surface area contributed by atoms with E-state index in [4.69, 9.17) is 16.3 Å². The van der Waals surface area contributed by atoms with E-state index in [-0.39, 0.29) is 0 Å². The summed E-state index contributed by atoms with van der Waals surface area (Å²) in [6.45, 7) is 4.98. The second kappa shape index (κ2) is 6.24. The van der Waals surface area contributed by atoms with Crippen LogP contribution in [0.4, 0.5) is 5.82 Å². The van der Waals surface area contributed by atoms with Crippen molar-refractivity contribution in [1.29, 1.82) is 0 Å². The van der Waals surface area contributed by atoms with Gasteiger partial charge in [-0.1, -0.05) is 11.6 Å². The zero-order chi connectivity index (χ0) is 13.9. The lowest BCUT2D eigenvalue weighted by molar-refractivity contribution is 0.178. The molecule has 0 radical (unpaired) electrons. The normalized spacial score (nSPS) is 23.7. The maximum atomic E-state index is 6.08. The highest BCUT2D eigenvalue weighted by atomic mass is 35.5. The van der Waals surface area contributed by atoms with Gasteiger partial charge in [0.05, 0.1) is 0 Å². The van der Waals surface area contributed by atoms with Gasteiger partial charge in [0.15, 0.2) is 5.82 Å². The number of ether oxygens (including phenoxy) is 1. The van der Waals surface area contributed by atoms with Gasteiger partial charge in [-0.05, 0) is 32.4 Å². The largest absolute Gasteiger partial charge is 0.377 e. The van der Waals surface area contributed by atoms with Gasteiger partial charge in [0.2, 0.25) is 0 Å². The number of hydrogen-bond acceptors (Lipinski definition) is 5. The SMILES string of the molecule is COCc1nc(Cl)cc(N2CCC(N3CCCC3)C2)n1. The Hall–Kier alpha value is -0.910. The number of aromatic nitrogens is 2. The molecule has 0 spiro atoms. The molecule has 2 aliphatic rings. The van der Waals surface area contributed by atoms with Crippen LogP contribution in [0.5, 0.6) is 0 Å². The molecular formula is C14H21ClN4O. The molecule has 0 N–H and O–H groups in total.